The van der Waals surface area contributed by atoms with Crippen molar-refractivity contribution >= 4 is 44.1 Å². The van der Waals surface area contributed by atoms with Gasteiger partial charge in [-0.15, -0.1) is 0 Å². The molecule has 152 valence electrons. The molecule has 0 bridgehead atoms. The van der Waals surface area contributed by atoms with E-state index in [9.17, 15) is 10.1 Å². The Morgan fingerprint density at radius 3 is 1.74 bits per heavy atom. The van der Waals surface area contributed by atoms with Crippen molar-refractivity contribution in [2.45, 2.75) is 74.8 Å². The summed E-state index contributed by atoms with van der Waals surface area (Å²) in [7, 11) is -4.67. The normalized spacial score (nSPS) is 10.3. The first kappa shape index (κ1) is 28.6. The molecule has 0 unspecified atom stereocenters. The molecule has 2 N–H and O–H groups in total. The van der Waals surface area contributed by atoms with Gasteiger partial charge in [-0.05, 0) is 16.0 Å². The van der Waals surface area contributed by atoms with Crippen LogP contribution < -0.4 is 0 Å². The third-order valence-electron chi connectivity index (χ3n) is 3.54. The molecule has 0 spiro atoms. The van der Waals surface area contributed by atoms with Crippen molar-refractivity contribution in [3.05, 3.63) is 34.5 Å². The van der Waals surface area contributed by atoms with Crippen LogP contribution in [0, 0.1) is 10.1 Å². The predicted molar refractivity (Wildman–Crippen MR) is 107 cm³/mol. The summed E-state index contributed by atoms with van der Waals surface area (Å²) >= 11 is 1.41. The predicted octanol–water partition coefficient (Wildman–Crippen LogP) is 4.83. The molecular formula is C17H31N2NaO6S. The number of pyridine rings is 1. The second kappa shape index (κ2) is 20.2. The van der Waals surface area contributed by atoms with Crippen molar-refractivity contribution < 1.29 is 22.4 Å². The van der Waals surface area contributed by atoms with Crippen LogP contribution >= 0.6 is 0 Å². The average molecular weight is 415 g/mol. The van der Waals surface area contributed by atoms with Gasteiger partial charge in [0.05, 0.1) is 0 Å². The van der Waals surface area contributed by atoms with Gasteiger partial charge in [0.15, 0.2) is 0 Å². The number of rotatable bonds is 11. The zero-order valence-electron chi connectivity index (χ0n) is 16.4. The standard InChI is InChI=1S/C12H25.C5H4N2O2.Na.H2O4S/c1-3-5-7-9-11-12-10-8-6-4-2;8-7(9)5-3-1-2-4-6-5;;1-5(2,3)4/h1,3-12H2,2H3;1-4H;;(H2,1,2,3,4). The average Bonchev–Trinajstić information content (AvgIpc) is 2.60. The van der Waals surface area contributed by atoms with Crippen LogP contribution in [0.5, 0.6) is 0 Å². The zero-order valence-corrected chi connectivity index (χ0v) is 19.2. The summed E-state index contributed by atoms with van der Waals surface area (Å²) in [4.78, 5) is 12.9. The van der Waals surface area contributed by atoms with Crippen LogP contribution in [0.1, 0.15) is 71.1 Å². The Balaban J connectivity index is 0. The van der Waals surface area contributed by atoms with Crippen molar-refractivity contribution in [2.24, 2.45) is 0 Å². The fourth-order valence-corrected chi connectivity index (χ4v) is 2.70. The summed E-state index contributed by atoms with van der Waals surface area (Å²) in [6, 6.07) is 4.55. The van der Waals surface area contributed by atoms with E-state index in [0.717, 1.165) is 0 Å². The van der Waals surface area contributed by atoms with E-state index in [2.05, 4.69) is 11.9 Å². The molecule has 0 atom stereocenters. The van der Waals surface area contributed by atoms with E-state index >= 15 is 0 Å². The minimum atomic E-state index is -4.67. The minimum absolute atomic E-state index is 0.113. The molecule has 0 radical (unpaired) electrons. The summed E-state index contributed by atoms with van der Waals surface area (Å²) < 4.78 is 33.1. The zero-order chi connectivity index (χ0) is 21.0. The van der Waals surface area contributed by atoms with Crippen LogP contribution in [0.4, 0.5) is 5.82 Å². The molecule has 8 nitrogen and oxygen atoms in total. The van der Waals surface area contributed by atoms with Gasteiger partial charge in [0.2, 0.25) is 0 Å². The van der Waals surface area contributed by atoms with E-state index in [0.29, 0.717) is 0 Å². The van der Waals surface area contributed by atoms with Gasteiger partial charge in [0, 0.05) is 6.07 Å². The van der Waals surface area contributed by atoms with Gasteiger partial charge in [-0.1, -0.05) is 6.07 Å². The molecule has 0 saturated carbocycles. The van der Waals surface area contributed by atoms with Gasteiger partial charge < -0.3 is 10.1 Å². The maximum atomic E-state index is 9.94. The molecule has 0 saturated heterocycles. The van der Waals surface area contributed by atoms with E-state index in [1.54, 1.807) is 12.1 Å². The third-order valence-corrected chi connectivity index (χ3v) is 4.25. The van der Waals surface area contributed by atoms with Crippen molar-refractivity contribution in [1.82, 2.24) is 4.98 Å². The molecule has 0 aromatic carbocycles. The molecule has 1 rings (SSSR count). The third kappa shape index (κ3) is 30.4. The van der Waals surface area contributed by atoms with Crippen LogP contribution in [0.25, 0.3) is 0 Å². The Kier molecular flexibility index (Phi) is 21.4. The maximum absolute atomic E-state index is 9.94. The van der Waals surface area contributed by atoms with E-state index in [4.69, 9.17) is 17.5 Å². The SMILES string of the molecule is CCCCCCCCCCC[CH2][Na].O=S(=O)(O)O.O=[N+]([O-])c1ccccn1. The van der Waals surface area contributed by atoms with Crippen LogP contribution in [0.2, 0.25) is 3.67 Å². The van der Waals surface area contributed by atoms with Gasteiger partial charge in [0.1, 0.15) is 6.20 Å². The molecular weight excluding hydrogens is 383 g/mol. The van der Waals surface area contributed by atoms with Gasteiger partial charge in [-0.3, -0.25) is 9.11 Å². The Labute approximate surface area is 180 Å². The van der Waals surface area contributed by atoms with Crippen LogP contribution in [-0.4, -0.2) is 55.4 Å². The number of aromatic nitrogens is 1. The molecule has 10 heteroatoms. The maximum Gasteiger partial charge on any atom is 0.394 e. The smallest absolute Gasteiger partial charge is 0.358 e. The quantitative estimate of drug-likeness (QED) is 0.174. The van der Waals surface area contributed by atoms with E-state index in [1.807, 2.05) is 0 Å². The fourth-order valence-electron chi connectivity index (χ4n) is 2.20. The first-order valence-corrected chi connectivity index (χ1v) is 12.3. The van der Waals surface area contributed by atoms with Crippen LogP contribution in [0.3, 0.4) is 0 Å². The number of hydrogen-bond acceptors (Lipinski definition) is 5. The second-order valence-electron chi connectivity index (χ2n) is 6.07. The topological polar surface area (TPSA) is 131 Å². The van der Waals surface area contributed by atoms with Crippen molar-refractivity contribution in [3.63, 3.8) is 0 Å². The molecule has 1 aromatic rings. The molecule has 0 aliphatic rings. The summed E-state index contributed by atoms with van der Waals surface area (Å²) in [5.74, 6) is -0.113. The Morgan fingerprint density at radius 1 is 1.00 bits per heavy atom. The monoisotopic (exact) mass is 414 g/mol. The second-order valence-corrected chi connectivity index (χ2v) is 7.97. The van der Waals surface area contributed by atoms with Gasteiger partial charge in [-0.2, -0.15) is 8.42 Å². The fraction of sp³-hybridized carbons (Fsp3) is 0.706. The number of unbranched alkanes of at least 4 members (excludes halogenated alkanes) is 9. The van der Waals surface area contributed by atoms with E-state index < -0.39 is 15.3 Å². The molecule has 0 aliphatic heterocycles. The number of nitrogens with zero attached hydrogens (tertiary/aromatic N) is 2. The number of hydrogen-bond donors (Lipinski definition) is 2. The molecule has 1 heterocycles. The van der Waals surface area contributed by atoms with Crippen LogP contribution in [-0.2, 0) is 10.4 Å². The molecule has 0 aliphatic carbocycles. The van der Waals surface area contributed by atoms with Crippen molar-refractivity contribution in [3.8, 4) is 0 Å². The largest absolute Gasteiger partial charge is 0.394 e. The van der Waals surface area contributed by atoms with Gasteiger partial charge in [0.25, 0.3) is 0 Å². The van der Waals surface area contributed by atoms with Crippen molar-refractivity contribution in [1.29, 1.82) is 0 Å². The first-order valence-electron chi connectivity index (χ1n) is 9.47. The number of nitro groups is 1. The Bertz CT molecular complexity index is 540. The van der Waals surface area contributed by atoms with Crippen molar-refractivity contribution in [2.75, 3.05) is 0 Å². The summed E-state index contributed by atoms with van der Waals surface area (Å²) in [5.41, 5.74) is 0. The van der Waals surface area contributed by atoms with Gasteiger partial charge in [-0.25, -0.2) is 0 Å². The molecule has 0 fully saturated rings. The van der Waals surface area contributed by atoms with E-state index in [-0.39, 0.29) is 5.82 Å². The molecule has 27 heavy (non-hydrogen) atoms. The van der Waals surface area contributed by atoms with Gasteiger partial charge >= 0.3 is 119 Å². The van der Waals surface area contributed by atoms with Crippen LogP contribution in [0.15, 0.2) is 24.4 Å². The summed E-state index contributed by atoms with van der Waals surface area (Å²) in [5, 5.41) is 9.94. The molecule has 0 amide bonds. The molecule has 1 aromatic heterocycles. The Morgan fingerprint density at radius 2 is 1.44 bits per heavy atom. The first-order chi connectivity index (χ1) is 12.7. The van der Waals surface area contributed by atoms with E-state index in [1.165, 1.54) is 108 Å². The summed E-state index contributed by atoms with van der Waals surface area (Å²) in [6.45, 7) is 2.29. The Hall–Kier alpha value is -0.580. The summed E-state index contributed by atoms with van der Waals surface area (Å²) in [6.07, 6.45) is 16.1. The minimum Gasteiger partial charge on any atom is -0.358 e.